The van der Waals surface area contributed by atoms with Gasteiger partial charge < -0.3 is 15.2 Å². The van der Waals surface area contributed by atoms with Crippen LogP contribution in [0, 0.1) is 11.6 Å². The summed E-state index contributed by atoms with van der Waals surface area (Å²) in [4.78, 5) is 31.9. The summed E-state index contributed by atoms with van der Waals surface area (Å²) >= 11 is 5.74. The molecule has 0 fully saturated rings. The predicted octanol–water partition coefficient (Wildman–Crippen LogP) is 4.86. The van der Waals surface area contributed by atoms with Crippen LogP contribution in [0.1, 0.15) is 21.5 Å². The van der Waals surface area contributed by atoms with Gasteiger partial charge in [-0.1, -0.05) is 35.9 Å². The number of aliphatic hydroxyl groups is 1. The van der Waals surface area contributed by atoms with Gasteiger partial charge >= 0.3 is 6.09 Å². The standard InChI is InChI=1S/C22H13ClF2N4O4.ClH/c23-17-13(24)6-8-16(18(17)25)29-19(30)11-3-1-2-4-12(11)22(29,33)10-5-7-14-15(9-10)27-20(26-14)28-21(31)32;/h1-9,33H,(H,31,32)(H2,26,27,28);1H. The van der Waals surface area contributed by atoms with Gasteiger partial charge in [0.05, 0.1) is 16.7 Å². The van der Waals surface area contributed by atoms with Crippen molar-refractivity contribution in [3.8, 4) is 0 Å². The first-order chi connectivity index (χ1) is 15.7. The molecule has 4 N–H and O–H groups in total. The van der Waals surface area contributed by atoms with Crippen molar-refractivity contribution < 1.29 is 28.6 Å². The summed E-state index contributed by atoms with van der Waals surface area (Å²) < 4.78 is 28.8. The fourth-order valence-corrected chi connectivity index (χ4v) is 4.16. The van der Waals surface area contributed by atoms with E-state index in [4.69, 9.17) is 16.7 Å². The molecule has 12 heteroatoms. The number of nitrogens with one attached hydrogen (secondary N) is 2. The summed E-state index contributed by atoms with van der Waals surface area (Å²) in [5, 5.41) is 22.1. The minimum absolute atomic E-state index is 0. The Labute approximate surface area is 201 Å². The molecule has 8 nitrogen and oxygen atoms in total. The Bertz CT molecular complexity index is 1480. The van der Waals surface area contributed by atoms with Gasteiger partial charge in [-0.25, -0.2) is 18.6 Å². The van der Waals surface area contributed by atoms with E-state index in [1.54, 1.807) is 12.1 Å². The van der Waals surface area contributed by atoms with Gasteiger partial charge in [-0.2, -0.15) is 0 Å². The van der Waals surface area contributed by atoms with E-state index in [1.807, 2.05) is 0 Å². The van der Waals surface area contributed by atoms with Crippen LogP contribution in [-0.2, 0) is 5.72 Å². The first kappa shape index (κ1) is 23.4. The summed E-state index contributed by atoms with van der Waals surface area (Å²) in [6.45, 7) is 0. The van der Waals surface area contributed by atoms with Crippen molar-refractivity contribution in [3.05, 3.63) is 87.9 Å². The van der Waals surface area contributed by atoms with Crippen LogP contribution in [0.15, 0.2) is 54.6 Å². The summed E-state index contributed by atoms with van der Waals surface area (Å²) in [5.41, 5.74) is -1.42. The lowest BCUT2D eigenvalue weighted by atomic mass is 9.93. The predicted molar refractivity (Wildman–Crippen MR) is 123 cm³/mol. The van der Waals surface area contributed by atoms with Gasteiger partial charge in [-0.15, -0.1) is 12.4 Å². The molecular formula is C22H14Cl2F2N4O4. The van der Waals surface area contributed by atoms with Crippen molar-refractivity contribution in [2.45, 2.75) is 5.72 Å². The zero-order chi connectivity index (χ0) is 23.5. The number of benzene rings is 3. The Morgan fingerprint density at radius 2 is 1.88 bits per heavy atom. The van der Waals surface area contributed by atoms with Gasteiger partial charge in [0.2, 0.25) is 5.95 Å². The molecule has 1 aromatic heterocycles. The number of H-pyrrole nitrogens is 1. The number of hydrogen-bond acceptors (Lipinski definition) is 4. The number of carbonyl (C=O) groups excluding carboxylic acids is 1. The number of nitrogens with zero attached hydrogens (tertiary/aromatic N) is 2. The highest BCUT2D eigenvalue weighted by Gasteiger charge is 2.51. The van der Waals surface area contributed by atoms with E-state index in [0.29, 0.717) is 11.0 Å². The third-order valence-corrected chi connectivity index (χ3v) is 5.77. The molecule has 1 aliphatic rings. The molecule has 1 aliphatic heterocycles. The van der Waals surface area contributed by atoms with Gasteiger partial charge in [0, 0.05) is 16.7 Å². The lowest BCUT2D eigenvalue weighted by Gasteiger charge is -2.35. The molecule has 0 aliphatic carbocycles. The maximum absolute atomic E-state index is 15.0. The Balaban J connectivity index is 0.00000274. The molecule has 2 amide bonds. The van der Waals surface area contributed by atoms with Gasteiger partial charge in [0.1, 0.15) is 10.8 Å². The van der Waals surface area contributed by atoms with E-state index < -0.39 is 40.1 Å². The van der Waals surface area contributed by atoms with Crippen LogP contribution in [0.2, 0.25) is 5.02 Å². The largest absolute Gasteiger partial charge is 0.465 e. The fraction of sp³-hybridized carbons (Fsp3) is 0.0455. The first-order valence-corrected chi connectivity index (χ1v) is 9.89. The van der Waals surface area contributed by atoms with Gasteiger partial charge in [-0.3, -0.25) is 15.0 Å². The van der Waals surface area contributed by atoms with E-state index in [9.17, 15) is 23.5 Å². The molecule has 4 aromatic rings. The number of amides is 2. The molecule has 174 valence electrons. The molecule has 0 radical (unpaired) electrons. The maximum atomic E-state index is 15.0. The second-order valence-electron chi connectivity index (χ2n) is 7.30. The highest BCUT2D eigenvalue weighted by Crippen LogP contribution is 2.46. The molecule has 3 aromatic carbocycles. The zero-order valence-electron chi connectivity index (χ0n) is 16.8. The third kappa shape index (κ3) is 3.35. The number of anilines is 2. The second-order valence-corrected chi connectivity index (χ2v) is 7.68. The third-order valence-electron chi connectivity index (χ3n) is 5.43. The number of carbonyl (C=O) groups is 2. The minimum atomic E-state index is -2.19. The Morgan fingerprint density at radius 3 is 2.62 bits per heavy atom. The second kappa shape index (κ2) is 8.24. The van der Waals surface area contributed by atoms with Crippen LogP contribution in [-0.4, -0.2) is 32.2 Å². The van der Waals surface area contributed by atoms with Gasteiger partial charge in [0.25, 0.3) is 5.91 Å². The molecule has 0 bridgehead atoms. The molecule has 2 heterocycles. The summed E-state index contributed by atoms with van der Waals surface area (Å²) in [6.07, 6.45) is -1.32. The van der Waals surface area contributed by atoms with Crippen molar-refractivity contribution in [2.75, 3.05) is 10.2 Å². The monoisotopic (exact) mass is 506 g/mol. The number of halogens is 4. The number of aromatic amines is 1. The number of aromatic nitrogens is 2. The molecule has 0 saturated carbocycles. The molecule has 1 atom stereocenters. The van der Waals surface area contributed by atoms with Crippen molar-refractivity contribution in [1.82, 2.24) is 9.97 Å². The van der Waals surface area contributed by atoms with Crippen molar-refractivity contribution >= 4 is 58.7 Å². The van der Waals surface area contributed by atoms with Crippen LogP contribution in [0.3, 0.4) is 0 Å². The first-order valence-electron chi connectivity index (χ1n) is 9.52. The van der Waals surface area contributed by atoms with E-state index in [2.05, 4.69) is 15.3 Å². The number of hydrogen-bond donors (Lipinski definition) is 4. The molecule has 0 spiro atoms. The topological polar surface area (TPSA) is 119 Å². The number of carboxylic acid groups (broad SMARTS) is 1. The number of rotatable bonds is 3. The van der Waals surface area contributed by atoms with Crippen LogP contribution >= 0.6 is 24.0 Å². The maximum Gasteiger partial charge on any atom is 0.411 e. The molecule has 1 unspecified atom stereocenters. The SMILES string of the molecule is Cl.O=C(O)Nc1nc2ccc(C3(O)c4ccccc4C(=O)N3c3ccc(F)c(Cl)c3F)cc2[nH]1. The van der Waals surface area contributed by atoms with E-state index in [-0.39, 0.29) is 35.0 Å². The fourth-order valence-electron chi connectivity index (χ4n) is 4.01. The number of fused-ring (bicyclic) bond motifs is 2. The Hall–Kier alpha value is -3.73. The Kier molecular flexibility index (Phi) is 5.68. The minimum Gasteiger partial charge on any atom is -0.465 e. The van der Waals surface area contributed by atoms with E-state index in [1.165, 1.54) is 30.3 Å². The van der Waals surface area contributed by atoms with Crippen LogP contribution < -0.4 is 10.2 Å². The smallest absolute Gasteiger partial charge is 0.411 e. The quantitative estimate of drug-likeness (QED) is 0.296. The highest BCUT2D eigenvalue weighted by atomic mass is 35.5. The average Bonchev–Trinajstić information content (AvgIpc) is 3.28. The summed E-state index contributed by atoms with van der Waals surface area (Å²) in [5.74, 6) is -2.97. The number of imidazole rings is 1. The van der Waals surface area contributed by atoms with Crippen LogP contribution in [0.5, 0.6) is 0 Å². The van der Waals surface area contributed by atoms with Crippen LogP contribution in [0.4, 0.5) is 25.2 Å². The van der Waals surface area contributed by atoms with E-state index in [0.717, 1.165) is 17.0 Å². The lowest BCUT2D eigenvalue weighted by molar-refractivity contribution is 0.0699. The Morgan fingerprint density at radius 1 is 1.15 bits per heavy atom. The highest BCUT2D eigenvalue weighted by molar-refractivity contribution is 6.31. The van der Waals surface area contributed by atoms with E-state index >= 15 is 0 Å². The van der Waals surface area contributed by atoms with Crippen LogP contribution in [0.25, 0.3) is 11.0 Å². The summed E-state index contributed by atoms with van der Waals surface area (Å²) in [7, 11) is 0. The summed E-state index contributed by atoms with van der Waals surface area (Å²) in [6, 6.07) is 12.6. The molecular weight excluding hydrogens is 493 g/mol. The molecule has 5 rings (SSSR count). The van der Waals surface area contributed by atoms with Crippen molar-refractivity contribution in [1.29, 1.82) is 0 Å². The van der Waals surface area contributed by atoms with Gasteiger partial charge in [-0.05, 0) is 30.3 Å². The molecule has 0 saturated heterocycles. The van der Waals surface area contributed by atoms with Crippen molar-refractivity contribution in [2.24, 2.45) is 0 Å². The van der Waals surface area contributed by atoms with Gasteiger partial charge in [0.15, 0.2) is 11.5 Å². The normalized spacial score (nSPS) is 16.9. The zero-order valence-corrected chi connectivity index (χ0v) is 18.4. The molecule has 34 heavy (non-hydrogen) atoms. The average molecular weight is 507 g/mol. The lowest BCUT2D eigenvalue weighted by Crippen LogP contribution is -2.45. The van der Waals surface area contributed by atoms with Crippen molar-refractivity contribution in [3.63, 3.8) is 0 Å².